The Hall–Kier alpha value is -1.69. The molecule has 0 fully saturated rings. The highest BCUT2D eigenvalue weighted by Crippen LogP contribution is 2.21. The van der Waals surface area contributed by atoms with E-state index in [1.165, 1.54) is 4.88 Å². The van der Waals surface area contributed by atoms with Gasteiger partial charge in [0.2, 0.25) is 11.8 Å². The first kappa shape index (κ1) is 13.3. The number of hydrogen-bond donors (Lipinski definition) is 1. The normalized spacial score (nSPS) is 10.8. The topological polar surface area (TPSA) is 51.0 Å². The summed E-state index contributed by atoms with van der Waals surface area (Å²) < 4.78 is 6.40. The summed E-state index contributed by atoms with van der Waals surface area (Å²) in [6, 6.07) is 13.6. The van der Waals surface area contributed by atoms with Gasteiger partial charge in [-0.2, -0.15) is 0 Å². The van der Waals surface area contributed by atoms with E-state index in [0.717, 1.165) is 16.4 Å². The van der Waals surface area contributed by atoms with Gasteiger partial charge in [0.15, 0.2) is 0 Å². The van der Waals surface area contributed by atoms with Crippen molar-refractivity contribution < 1.29 is 4.42 Å². The fraction of sp³-hybridized carbons (Fsp3) is 0.143. The second-order valence-electron chi connectivity index (χ2n) is 4.18. The standard InChI is InChI=1S/C14H12ClN3OS/c15-12-7-6-11(20-12)8-16-9-13-17-18-14(19-13)10-4-2-1-3-5-10/h1-7,16H,8-9H2. The van der Waals surface area contributed by atoms with Gasteiger partial charge in [0.25, 0.3) is 0 Å². The van der Waals surface area contributed by atoms with Crippen LogP contribution in [-0.2, 0) is 13.1 Å². The van der Waals surface area contributed by atoms with Gasteiger partial charge < -0.3 is 9.73 Å². The predicted octanol–water partition coefficient (Wildman–Crippen LogP) is 3.74. The van der Waals surface area contributed by atoms with Crippen molar-refractivity contribution in [1.29, 1.82) is 0 Å². The summed E-state index contributed by atoms with van der Waals surface area (Å²) in [5, 5.41) is 11.3. The van der Waals surface area contributed by atoms with E-state index in [4.69, 9.17) is 16.0 Å². The first-order valence-corrected chi connectivity index (χ1v) is 7.33. The zero-order valence-electron chi connectivity index (χ0n) is 10.5. The van der Waals surface area contributed by atoms with Crippen molar-refractivity contribution in [3.05, 3.63) is 57.6 Å². The Kier molecular flexibility index (Phi) is 4.11. The minimum absolute atomic E-state index is 0.537. The maximum Gasteiger partial charge on any atom is 0.247 e. The van der Waals surface area contributed by atoms with Crippen LogP contribution in [0.5, 0.6) is 0 Å². The first-order valence-electron chi connectivity index (χ1n) is 6.14. The molecule has 1 N–H and O–H groups in total. The molecular weight excluding hydrogens is 294 g/mol. The Morgan fingerprint density at radius 3 is 2.65 bits per heavy atom. The largest absolute Gasteiger partial charge is 0.419 e. The zero-order chi connectivity index (χ0) is 13.8. The Bertz CT molecular complexity index is 681. The number of nitrogens with zero attached hydrogens (tertiary/aromatic N) is 2. The van der Waals surface area contributed by atoms with Gasteiger partial charge in [-0.1, -0.05) is 29.8 Å². The first-order chi connectivity index (χ1) is 9.81. The van der Waals surface area contributed by atoms with Crippen molar-refractivity contribution in [2.24, 2.45) is 0 Å². The minimum Gasteiger partial charge on any atom is -0.419 e. The lowest BCUT2D eigenvalue weighted by atomic mass is 10.2. The molecule has 0 aliphatic rings. The van der Waals surface area contributed by atoms with Crippen LogP contribution in [0.4, 0.5) is 0 Å². The van der Waals surface area contributed by atoms with Crippen molar-refractivity contribution in [2.45, 2.75) is 13.1 Å². The van der Waals surface area contributed by atoms with Gasteiger partial charge >= 0.3 is 0 Å². The summed E-state index contributed by atoms with van der Waals surface area (Å²) in [7, 11) is 0. The zero-order valence-corrected chi connectivity index (χ0v) is 12.1. The van der Waals surface area contributed by atoms with E-state index in [0.29, 0.717) is 18.3 Å². The van der Waals surface area contributed by atoms with E-state index >= 15 is 0 Å². The van der Waals surface area contributed by atoms with Crippen molar-refractivity contribution in [1.82, 2.24) is 15.5 Å². The van der Waals surface area contributed by atoms with Crippen LogP contribution in [0, 0.1) is 0 Å². The number of thiophene rings is 1. The average Bonchev–Trinajstić information content (AvgIpc) is 3.09. The SMILES string of the molecule is Clc1ccc(CNCc2nnc(-c3ccccc3)o2)s1. The third kappa shape index (κ3) is 3.25. The highest BCUT2D eigenvalue weighted by Gasteiger charge is 2.07. The molecule has 3 aromatic rings. The van der Waals surface area contributed by atoms with Crippen LogP contribution in [0.2, 0.25) is 4.34 Å². The van der Waals surface area contributed by atoms with Gasteiger partial charge in [-0.05, 0) is 24.3 Å². The highest BCUT2D eigenvalue weighted by molar-refractivity contribution is 7.16. The Morgan fingerprint density at radius 2 is 1.90 bits per heavy atom. The number of halogens is 1. The van der Waals surface area contributed by atoms with Crippen LogP contribution in [0.1, 0.15) is 10.8 Å². The molecule has 6 heteroatoms. The molecule has 102 valence electrons. The van der Waals surface area contributed by atoms with Gasteiger partial charge in [0, 0.05) is 17.0 Å². The van der Waals surface area contributed by atoms with Crippen molar-refractivity contribution in [3.63, 3.8) is 0 Å². The van der Waals surface area contributed by atoms with Crippen molar-refractivity contribution >= 4 is 22.9 Å². The summed E-state index contributed by atoms with van der Waals surface area (Å²) >= 11 is 7.44. The quantitative estimate of drug-likeness (QED) is 0.780. The molecule has 0 saturated carbocycles. The lowest BCUT2D eigenvalue weighted by molar-refractivity contribution is 0.478. The van der Waals surface area contributed by atoms with Crippen LogP contribution < -0.4 is 5.32 Å². The Labute approximate surface area is 125 Å². The maximum absolute atomic E-state index is 5.88. The molecule has 0 amide bonds. The molecule has 20 heavy (non-hydrogen) atoms. The van der Waals surface area contributed by atoms with Crippen molar-refractivity contribution in [3.8, 4) is 11.5 Å². The van der Waals surface area contributed by atoms with Crippen molar-refractivity contribution in [2.75, 3.05) is 0 Å². The summed E-state index contributed by atoms with van der Waals surface area (Å²) in [6.45, 7) is 1.27. The van der Waals surface area contributed by atoms with E-state index in [1.807, 2.05) is 42.5 Å². The second-order valence-corrected chi connectivity index (χ2v) is 5.98. The molecule has 3 rings (SSSR count). The molecule has 0 atom stereocenters. The summed E-state index contributed by atoms with van der Waals surface area (Å²) in [5.74, 6) is 1.12. The van der Waals surface area contributed by atoms with Crippen LogP contribution in [0.25, 0.3) is 11.5 Å². The number of hydrogen-bond acceptors (Lipinski definition) is 5. The van der Waals surface area contributed by atoms with E-state index in [1.54, 1.807) is 11.3 Å². The molecule has 1 aromatic carbocycles. The van der Waals surface area contributed by atoms with Crippen LogP contribution in [-0.4, -0.2) is 10.2 Å². The molecule has 0 radical (unpaired) electrons. The predicted molar refractivity (Wildman–Crippen MR) is 79.6 cm³/mol. The number of aromatic nitrogens is 2. The summed E-state index contributed by atoms with van der Waals surface area (Å²) in [5.41, 5.74) is 0.927. The van der Waals surface area contributed by atoms with Gasteiger partial charge in [0.05, 0.1) is 10.9 Å². The van der Waals surface area contributed by atoms with E-state index in [-0.39, 0.29) is 0 Å². The molecule has 0 bridgehead atoms. The number of nitrogens with one attached hydrogen (secondary N) is 1. The Morgan fingerprint density at radius 1 is 1.05 bits per heavy atom. The molecule has 0 unspecified atom stereocenters. The highest BCUT2D eigenvalue weighted by atomic mass is 35.5. The monoisotopic (exact) mass is 305 g/mol. The summed E-state index contributed by atoms with van der Waals surface area (Å²) in [6.07, 6.45) is 0. The average molecular weight is 306 g/mol. The number of rotatable bonds is 5. The fourth-order valence-corrected chi connectivity index (χ4v) is 2.82. The lowest BCUT2D eigenvalue weighted by Crippen LogP contribution is -2.11. The molecule has 2 heterocycles. The summed E-state index contributed by atoms with van der Waals surface area (Å²) in [4.78, 5) is 1.18. The van der Waals surface area contributed by atoms with Gasteiger partial charge in [-0.3, -0.25) is 0 Å². The van der Waals surface area contributed by atoms with E-state index in [9.17, 15) is 0 Å². The molecule has 2 aromatic heterocycles. The molecule has 0 spiro atoms. The van der Waals surface area contributed by atoms with E-state index < -0.39 is 0 Å². The fourth-order valence-electron chi connectivity index (χ4n) is 1.76. The molecule has 0 aliphatic heterocycles. The molecular formula is C14H12ClN3OS. The third-order valence-corrected chi connectivity index (χ3v) is 3.92. The minimum atomic E-state index is 0.537. The van der Waals surface area contributed by atoms with Gasteiger partial charge in [-0.25, -0.2) is 0 Å². The molecule has 0 aliphatic carbocycles. The molecule has 4 nitrogen and oxygen atoms in total. The van der Waals surface area contributed by atoms with Gasteiger partial charge in [-0.15, -0.1) is 21.5 Å². The second kappa shape index (κ2) is 6.17. The van der Waals surface area contributed by atoms with Crippen LogP contribution >= 0.6 is 22.9 Å². The number of benzene rings is 1. The third-order valence-electron chi connectivity index (χ3n) is 2.69. The van der Waals surface area contributed by atoms with Crippen LogP contribution in [0.3, 0.4) is 0 Å². The van der Waals surface area contributed by atoms with E-state index in [2.05, 4.69) is 15.5 Å². The molecule has 0 saturated heterocycles. The smallest absolute Gasteiger partial charge is 0.247 e. The van der Waals surface area contributed by atoms with Gasteiger partial charge in [0.1, 0.15) is 0 Å². The Balaban J connectivity index is 1.58. The lowest BCUT2D eigenvalue weighted by Gasteiger charge is -1.98. The van der Waals surface area contributed by atoms with Crippen LogP contribution in [0.15, 0.2) is 46.9 Å². The maximum atomic E-state index is 5.88.